The Morgan fingerprint density at radius 1 is 1.03 bits per heavy atom. The van der Waals surface area contributed by atoms with Gasteiger partial charge >= 0.3 is 5.97 Å². The molecule has 2 bridgehead atoms. The maximum atomic E-state index is 12.6. The number of aliphatic hydroxyl groups excluding tert-OH is 2. The molecule has 2 fully saturated rings. The molecule has 0 saturated carbocycles. The Balaban J connectivity index is 2.08. The van der Waals surface area contributed by atoms with Crippen LogP contribution in [0.4, 0.5) is 0 Å². The summed E-state index contributed by atoms with van der Waals surface area (Å²) >= 11 is 0. The van der Waals surface area contributed by atoms with Gasteiger partial charge in [-0.05, 0) is 43.9 Å². The number of ether oxygens (including phenoxy) is 2. The van der Waals surface area contributed by atoms with E-state index in [-0.39, 0.29) is 36.1 Å². The van der Waals surface area contributed by atoms with Gasteiger partial charge < -0.3 is 19.7 Å². The summed E-state index contributed by atoms with van der Waals surface area (Å²) in [7, 11) is 0. The van der Waals surface area contributed by atoms with Gasteiger partial charge in [0.15, 0.2) is 0 Å². The van der Waals surface area contributed by atoms with Crippen molar-refractivity contribution in [2.75, 3.05) is 0 Å². The van der Waals surface area contributed by atoms with Crippen LogP contribution in [0.3, 0.4) is 0 Å². The highest BCUT2D eigenvalue weighted by Crippen LogP contribution is 2.33. The zero-order valence-electron chi connectivity index (χ0n) is 19.5. The first kappa shape index (κ1) is 25.4. The van der Waals surface area contributed by atoms with E-state index in [0.29, 0.717) is 25.2 Å². The molecule has 8 atom stereocenters. The van der Waals surface area contributed by atoms with Gasteiger partial charge in [-0.1, -0.05) is 59.1 Å². The lowest BCUT2D eigenvalue weighted by molar-refractivity contribution is -0.154. The number of carbonyl (C=O) groups excluding carboxylic acids is 1. The lowest BCUT2D eigenvalue weighted by atomic mass is 9.88. The predicted molar refractivity (Wildman–Crippen MR) is 119 cm³/mol. The standard InChI is InChI=1S/C25H44O5/c1-6-9-20-13-16(2)12-19(5)24(27)22(26)15-21-14-18(4)23(29-21)11-8-7-10-17(3)25(28)30-20/h17-24,26-27H,2,6-15H2,1,3-5H3/t17-,18-,19+,20+,21+,22+,23-,24+/m0/s1. The van der Waals surface area contributed by atoms with Crippen LogP contribution in [-0.2, 0) is 14.3 Å². The zero-order valence-corrected chi connectivity index (χ0v) is 19.5. The summed E-state index contributed by atoms with van der Waals surface area (Å²) in [5.41, 5.74) is 0.958. The number of esters is 1. The molecule has 0 aromatic heterocycles. The lowest BCUT2D eigenvalue weighted by Gasteiger charge is -2.27. The molecule has 174 valence electrons. The summed E-state index contributed by atoms with van der Waals surface area (Å²) in [6.07, 6.45) is 6.65. The lowest BCUT2D eigenvalue weighted by Crippen LogP contribution is -2.35. The molecule has 2 aliphatic rings. The summed E-state index contributed by atoms with van der Waals surface area (Å²) in [4.78, 5) is 12.6. The van der Waals surface area contributed by atoms with Crippen molar-refractivity contribution in [3.8, 4) is 0 Å². The number of hydrogen-bond donors (Lipinski definition) is 2. The summed E-state index contributed by atoms with van der Waals surface area (Å²) in [6, 6.07) is 0. The van der Waals surface area contributed by atoms with Gasteiger partial charge in [-0.2, -0.15) is 0 Å². The second-order valence-electron chi connectivity index (χ2n) is 9.97. The minimum atomic E-state index is -0.814. The number of fused-ring (bicyclic) bond motifs is 2. The monoisotopic (exact) mass is 424 g/mol. The molecular formula is C25H44O5. The Morgan fingerprint density at radius 3 is 2.43 bits per heavy atom. The average Bonchev–Trinajstić information content (AvgIpc) is 3.02. The van der Waals surface area contributed by atoms with Gasteiger partial charge in [-0.15, -0.1) is 0 Å². The molecule has 0 amide bonds. The van der Waals surface area contributed by atoms with Crippen molar-refractivity contribution in [2.24, 2.45) is 17.8 Å². The molecule has 0 aromatic rings. The molecule has 0 aromatic carbocycles. The fourth-order valence-electron chi connectivity index (χ4n) is 5.00. The second kappa shape index (κ2) is 12.2. The first-order valence-corrected chi connectivity index (χ1v) is 12.1. The Kier molecular flexibility index (Phi) is 10.3. The zero-order chi connectivity index (χ0) is 22.3. The Labute approximate surface area is 183 Å². The van der Waals surface area contributed by atoms with Crippen LogP contribution in [0.1, 0.15) is 91.9 Å². The van der Waals surface area contributed by atoms with Crippen molar-refractivity contribution < 1.29 is 24.5 Å². The number of cyclic esters (lactones) is 1. The van der Waals surface area contributed by atoms with E-state index in [1.165, 1.54) is 0 Å². The molecule has 0 radical (unpaired) electrons. The highest BCUT2D eigenvalue weighted by molar-refractivity contribution is 5.72. The highest BCUT2D eigenvalue weighted by atomic mass is 16.5. The Hall–Kier alpha value is -0.910. The molecule has 30 heavy (non-hydrogen) atoms. The summed E-state index contributed by atoms with van der Waals surface area (Å²) in [5.74, 6) is 0.132. The van der Waals surface area contributed by atoms with Crippen molar-refractivity contribution in [3.63, 3.8) is 0 Å². The Morgan fingerprint density at radius 2 is 1.73 bits per heavy atom. The van der Waals surface area contributed by atoms with E-state index in [4.69, 9.17) is 9.47 Å². The molecule has 0 unspecified atom stereocenters. The second-order valence-corrected chi connectivity index (χ2v) is 9.97. The number of aliphatic hydroxyl groups is 2. The van der Waals surface area contributed by atoms with Crippen molar-refractivity contribution >= 4 is 5.97 Å². The molecule has 2 heterocycles. The topological polar surface area (TPSA) is 76.0 Å². The van der Waals surface area contributed by atoms with Gasteiger partial charge in [-0.25, -0.2) is 0 Å². The van der Waals surface area contributed by atoms with E-state index in [1.54, 1.807) is 0 Å². The molecule has 5 heteroatoms. The minimum Gasteiger partial charge on any atom is -0.462 e. The normalized spacial score (nSPS) is 40.5. The highest BCUT2D eigenvalue weighted by Gasteiger charge is 2.35. The van der Waals surface area contributed by atoms with Crippen LogP contribution >= 0.6 is 0 Å². The van der Waals surface area contributed by atoms with Crippen LogP contribution in [0.5, 0.6) is 0 Å². The van der Waals surface area contributed by atoms with Crippen molar-refractivity contribution in [1.82, 2.24) is 0 Å². The van der Waals surface area contributed by atoms with Gasteiger partial charge in [0.2, 0.25) is 0 Å². The summed E-state index contributed by atoms with van der Waals surface area (Å²) in [6.45, 7) is 12.4. The first-order chi connectivity index (χ1) is 14.2. The van der Waals surface area contributed by atoms with Crippen molar-refractivity contribution in [2.45, 2.75) is 122 Å². The number of hydrogen-bond acceptors (Lipinski definition) is 5. The van der Waals surface area contributed by atoms with E-state index >= 15 is 0 Å². The van der Waals surface area contributed by atoms with E-state index in [2.05, 4.69) is 20.4 Å². The molecule has 2 N–H and O–H groups in total. The van der Waals surface area contributed by atoms with Crippen LogP contribution in [0.15, 0.2) is 12.2 Å². The minimum absolute atomic E-state index is 0.00627. The third-order valence-electron chi connectivity index (χ3n) is 6.92. The molecule has 2 aliphatic heterocycles. The van der Waals surface area contributed by atoms with E-state index in [9.17, 15) is 15.0 Å². The average molecular weight is 425 g/mol. The number of rotatable bonds is 2. The van der Waals surface area contributed by atoms with Gasteiger partial charge in [0.1, 0.15) is 6.10 Å². The van der Waals surface area contributed by atoms with Crippen LogP contribution in [-0.4, -0.2) is 46.7 Å². The maximum Gasteiger partial charge on any atom is 0.308 e. The van der Waals surface area contributed by atoms with Gasteiger partial charge in [0.05, 0.1) is 30.3 Å². The largest absolute Gasteiger partial charge is 0.462 e. The fourth-order valence-corrected chi connectivity index (χ4v) is 5.00. The van der Waals surface area contributed by atoms with E-state index in [1.807, 2.05) is 13.8 Å². The predicted octanol–water partition coefficient (Wildman–Crippen LogP) is 4.79. The van der Waals surface area contributed by atoms with E-state index < -0.39 is 12.2 Å². The molecular weight excluding hydrogens is 380 g/mol. The summed E-state index contributed by atoms with van der Waals surface area (Å²) in [5, 5.41) is 21.3. The molecule has 5 nitrogen and oxygen atoms in total. The van der Waals surface area contributed by atoms with E-state index in [0.717, 1.165) is 50.5 Å². The molecule has 2 rings (SSSR count). The smallest absolute Gasteiger partial charge is 0.308 e. The SMILES string of the molecule is C=C1C[C@@H](CCC)OC(=O)[C@@H](C)CCCC[C@@H]2O[C@@H](C[C@@H](O)[C@H](O)[C@H](C)C1)C[C@@H]2C. The van der Waals surface area contributed by atoms with Gasteiger partial charge in [-0.3, -0.25) is 4.79 Å². The van der Waals surface area contributed by atoms with Crippen LogP contribution in [0.25, 0.3) is 0 Å². The van der Waals surface area contributed by atoms with Gasteiger partial charge in [0, 0.05) is 12.8 Å². The van der Waals surface area contributed by atoms with Crippen LogP contribution in [0.2, 0.25) is 0 Å². The van der Waals surface area contributed by atoms with Crippen molar-refractivity contribution in [3.05, 3.63) is 12.2 Å². The molecule has 0 aliphatic carbocycles. The first-order valence-electron chi connectivity index (χ1n) is 12.1. The van der Waals surface area contributed by atoms with Gasteiger partial charge in [0.25, 0.3) is 0 Å². The maximum absolute atomic E-state index is 12.6. The molecule has 0 spiro atoms. The third kappa shape index (κ3) is 7.65. The molecule has 2 saturated heterocycles. The Bertz CT molecular complexity index is 548. The summed E-state index contributed by atoms with van der Waals surface area (Å²) < 4.78 is 12.0. The fraction of sp³-hybridized carbons (Fsp3) is 0.880. The van der Waals surface area contributed by atoms with Crippen LogP contribution in [0, 0.1) is 17.8 Å². The van der Waals surface area contributed by atoms with Crippen molar-refractivity contribution in [1.29, 1.82) is 0 Å². The quantitative estimate of drug-likeness (QED) is 0.492. The number of carbonyl (C=O) groups is 1. The van der Waals surface area contributed by atoms with Crippen LogP contribution < -0.4 is 0 Å². The third-order valence-corrected chi connectivity index (χ3v) is 6.92.